The Hall–Kier alpha value is -2.93. The van der Waals surface area contributed by atoms with Gasteiger partial charge in [0.15, 0.2) is 0 Å². The topological polar surface area (TPSA) is 58.2 Å². The van der Waals surface area contributed by atoms with Gasteiger partial charge in [-0.25, -0.2) is 4.39 Å². The van der Waals surface area contributed by atoms with Crippen molar-refractivity contribution < 1.29 is 13.9 Å². The Labute approximate surface area is 164 Å². The molecule has 2 aromatic heterocycles. The van der Waals surface area contributed by atoms with Gasteiger partial charge < -0.3 is 14.6 Å². The number of thiazole rings is 1. The van der Waals surface area contributed by atoms with Crippen LogP contribution in [0.4, 0.5) is 4.39 Å². The van der Waals surface area contributed by atoms with Gasteiger partial charge in [0.1, 0.15) is 17.4 Å². The largest absolute Gasteiger partial charge is 0.467 e. The number of hydrogen-bond donors (Lipinski definition) is 1. The lowest BCUT2D eigenvalue weighted by Crippen LogP contribution is -2.41. The van der Waals surface area contributed by atoms with Gasteiger partial charge >= 0.3 is 0 Å². The highest BCUT2D eigenvalue weighted by Crippen LogP contribution is 2.31. The number of amides is 1. The highest BCUT2D eigenvalue weighted by molar-refractivity contribution is 7.20. The molecule has 0 bridgehead atoms. The number of benzene rings is 2. The van der Waals surface area contributed by atoms with Crippen LogP contribution in [-0.2, 0) is 0 Å². The third kappa shape index (κ3) is 3.01. The van der Waals surface area contributed by atoms with Gasteiger partial charge in [-0.15, -0.1) is 0 Å². The van der Waals surface area contributed by atoms with Crippen molar-refractivity contribution >= 4 is 38.4 Å². The summed E-state index contributed by atoms with van der Waals surface area (Å²) >= 11 is 1.35. The maximum atomic E-state index is 13.8. The molecule has 0 unspecified atom stereocenters. The smallest absolute Gasteiger partial charge is 0.274 e. The van der Waals surface area contributed by atoms with E-state index in [1.54, 1.807) is 12.3 Å². The molecule has 142 valence electrons. The van der Waals surface area contributed by atoms with Crippen LogP contribution in [0.5, 0.6) is 5.19 Å². The molecule has 1 saturated heterocycles. The van der Waals surface area contributed by atoms with Crippen LogP contribution in [-0.4, -0.2) is 40.0 Å². The van der Waals surface area contributed by atoms with E-state index in [0.29, 0.717) is 29.4 Å². The lowest BCUT2D eigenvalue weighted by atomic mass is 10.1. The number of aromatic nitrogens is 2. The van der Waals surface area contributed by atoms with Crippen molar-refractivity contribution in [3.05, 3.63) is 60.0 Å². The minimum atomic E-state index is -0.331. The van der Waals surface area contributed by atoms with Crippen molar-refractivity contribution in [2.24, 2.45) is 0 Å². The van der Waals surface area contributed by atoms with Gasteiger partial charge in [0, 0.05) is 43.0 Å². The molecule has 0 atom stereocenters. The molecule has 2 aromatic carbocycles. The molecule has 1 aliphatic heterocycles. The summed E-state index contributed by atoms with van der Waals surface area (Å²) in [6.45, 7) is 1.25. The minimum absolute atomic E-state index is 0.0179. The molecular weight excluding hydrogens is 377 g/mol. The lowest BCUT2D eigenvalue weighted by molar-refractivity contribution is 0.0597. The first-order valence-electron chi connectivity index (χ1n) is 9.26. The standard InChI is InChI=1S/C21H18FN3O2S/c22-16-5-3-7-18-19(16)24-21(28-18)27-13-8-10-25(11-9-13)20(26)15-12-23-17-6-2-1-4-14(15)17/h1-7,12-13,23H,8-11H2. The van der Waals surface area contributed by atoms with Crippen molar-refractivity contribution in [3.8, 4) is 5.19 Å². The first-order valence-corrected chi connectivity index (χ1v) is 10.1. The zero-order valence-electron chi connectivity index (χ0n) is 15.0. The van der Waals surface area contributed by atoms with Crippen LogP contribution in [0.25, 0.3) is 21.1 Å². The predicted octanol–water partition coefficient (Wildman–Crippen LogP) is 4.60. The molecule has 1 N–H and O–H groups in total. The van der Waals surface area contributed by atoms with E-state index in [2.05, 4.69) is 9.97 Å². The van der Waals surface area contributed by atoms with Crippen molar-refractivity contribution in [2.75, 3.05) is 13.1 Å². The average molecular weight is 395 g/mol. The fourth-order valence-corrected chi connectivity index (χ4v) is 4.58. The van der Waals surface area contributed by atoms with Gasteiger partial charge in [0.2, 0.25) is 0 Å². The Bertz CT molecular complexity index is 1160. The molecule has 0 aliphatic carbocycles. The number of nitrogens with one attached hydrogen (secondary N) is 1. The third-order valence-corrected chi connectivity index (χ3v) is 6.08. The summed E-state index contributed by atoms with van der Waals surface area (Å²) in [5, 5.41) is 1.43. The SMILES string of the molecule is O=C(c1c[nH]c2ccccc12)N1CCC(Oc2nc3c(F)cccc3s2)CC1. The number of H-pyrrole nitrogens is 1. The zero-order chi connectivity index (χ0) is 19.1. The molecule has 0 spiro atoms. The molecule has 0 radical (unpaired) electrons. The van der Waals surface area contributed by atoms with Gasteiger partial charge in [0.05, 0.1) is 10.3 Å². The average Bonchev–Trinajstić information content (AvgIpc) is 3.33. The van der Waals surface area contributed by atoms with Crippen LogP contribution < -0.4 is 4.74 Å². The van der Waals surface area contributed by atoms with Crippen molar-refractivity contribution in [3.63, 3.8) is 0 Å². The second-order valence-corrected chi connectivity index (χ2v) is 7.92. The Balaban J connectivity index is 1.25. The normalized spacial score (nSPS) is 15.4. The van der Waals surface area contributed by atoms with E-state index in [-0.39, 0.29) is 17.8 Å². The number of halogens is 1. The number of para-hydroxylation sites is 2. The van der Waals surface area contributed by atoms with E-state index in [1.165, 1.54) is 17.4 Å². The van der Waals surface area contributed by atoms with Crippen LogP contribution >= 0.6 is 11.3 Å². The van der Waals surface area contributed by atoms with Gasteiger partial charge in [-0.05, 0) is 18.2 Å². The highest BCUT2D eigenvalue weighted by Gasteiger charge is 2.26. The van der Waals surface area contributed by atoms with E-state index < -0.39 is 0 Å². The zero-order valence-corrected chi connectivity index (χ0v) is 15.8. The van der Waals surface area contributed by atoms with Crippen LogP contribution in [0.2, 0.25) is 0 Å². The van der Waals surface area contributed by atoms with Crippen LogP contribution in [0.15, 0.2) is 48.7 Å². The number of likely N-dealkylation sites (tertiary alicyclic amines) is 1. The first kappa shape index (κ1) is 17.2. The monoisotopic (exact) mass is 395 g/mol. The fourth-order valence-electron chi connectivity index (χ4n) is 3.68. The molecule has 5 nitrogen and oxygen atoms in total. The van der Waals surface area contributed by atoms with Crippen LogP contribution in [0.3, 0.4) is 0 Å². The Kier molecular flexibility index (Phi) is 4.24. The number of aromatic amines is 1. The van der Waals surface area contributed by atoms with Crippen molar-refractivity contribution in [2.45, 2.75) is 18.9 Å². The van der Waals surface area contributed by atoms with E-state index in [0.717, 1.165) is 28.4 Å². The number of rotatable bonds is 3. The Morgan fingerprint density at radius 1 is 1.18 bits per heavy atom. The number of ether oxygens (including phenoxy) is 1. The van der Waals surface area contributed by atoms with E-state index in [4.69, 9.17) is 4.74 Å². The van der Waals surface area contributed by atoms with Gasteiger partial charge in [-0.2, -0.15) is 4.98 Å². The molecule has 5 rings (SSSR count). The molecule has 3 heterocycles. The molecule has 0 saturated carbocycles. The maximum absolute atomic E-state index is 13.8. The third-order valence-electron chi connectivity index (χ3n) is 5.17. The number of hydrogen-bond acceptors (Lipinski definition) is 4. The lowest BCUT2D eigenvalue weighted by Gasteiger charge is -2.31. The molecule has 1 aliphatic rings. The maximum Gasteiger partial charge on any atom is 0.274 e. The Morgan fingerprint density at radius 3 is 2.82 bits per heavy atom. The minimum Gasteiger partial charge on any atom is -0.467 e. The number of carbonyl (C=O) groups excluding carboxylic acids is 1. The fraction of sp³-hybridized carbons (Fsp3) is 0.238. The van der Waals surface area contributed by atoms with Gasteiger partial charge in [-0.3, -0.25) is 4.79 Å². The summed E-state index contributed by atoms with van der Waals surface area (Å²) in [7, 11) is 0. The van der Waals surface area contributed by atoms with Crippen LogP contribution in [0.1, 0.15) is 23.2 Å². The van der Waals surface area contributed by atoms with Crippen molar-refractivity contribution in [1.29, 1.82) is 0 Å². The van der Waals surface area contributed by atoms with Crippen molar-refractivity contribution in [1.82, 2.24) is 14.9 Å². The molecule has 1 fully saturated rings. The van der Waals surface area contributed by atoms with E-state index >= 15 is 0 Å². The summed E-state index contributed by atoms with van der Waals surface area (Å²) < 4.78 is 20.6. The molecule has 1 amide bonds. The summed E-state index contributed by atoms with van der Waals surface area (Å²) in [5.74, 6) is -0.291. The molecule has 4 aromatic rings. The number of carbonyl (C=O) groups is 1. The molecule has 7 heteroatoms. The number of piperidine rings is 1. The molecular formula is C21H18FN3O2S. The summed E-state index contributed by atoms with van der Waals surface area (Å²) in [6, 6.07) is 12.7. The second kappa shape index (κ2) is 6.91. The predicted molar refractivity (Wildman–Crippen MR) is 107 cm³/mol. The quantitative estimate of drug-likeness (QED) is 0.552. The second-order valence-electron chi connectivity index (χ2n) is 6.92. The van der Waals surface area contributed by atoms with Crippen LogP contribution in [0, 0.1) is 5.82 Å². The Morgan fingerprint density at radius 2 is 2.00 bits per heavy atom. The highest BCUT2D eigenvalue weighted by atomic mass is 32.1. The van der Waals surface area contributed by atoms with E-state index in [1.807, 2.05) is 35.2 Å². The van der Waals surface area contributed by atoms with E-state index in [9.17, 15) is 9.18 Å². The van der Waals surface area contributed by atoms with Gasteiger partial charge in [0.25, 0.3) is 11.1 Å². The first-order chi connectivity index (χ1) is 13.7. The summed E-state index contributed by atoms with van der Waals surface area (Å²) in [4.78, 5) is 22.2. The van der Waals surface area contributed by atoms with Gasteiger partial charge in [-0.1, -0.05) is 35.6 Å². The summed E-state index contributed by atoms with van der Waals surface area (Å²) in [5.41, 5.74) is 2.03. The summed E-state index contributed by atoms with van der Waals surface area (Å²) in [6.07, 6.45) is 3.22. The number of nitrogens with zero attached hydrogens (tertiary/aromatic N) is 2. The molecule has 28 heavy (non-hydrogen) atoms. The number of fused-ring (bicyclic) bond motifs is 2.